The Bertz CT molecular complexity index is 396. The molecular formula is C13H13F3N. The standard InChI is InChI=1S/C13H13F3N/c1-10-6-8-17(9-7-10)12-4-2-11(3-5-12)13(14,15)16/h1-5H,6-9H2. The van der Waals surface area contributed by atoms with E-state index in [1.54, 1.807) is 0 Å². The Labute approximate surface area is 98.5 Å². The van der Waals surface area contributed by atoms with Gasteiger partial charge in [-0.2, -0.15) is 13.2 Å². The molecule has 1 aromatic rings. The van der Waals surface area contributed by atoms with E-state index in [9.17, 15) is 13.2 Å². The van der Waals surface area contributed by atoms with E-state index in [1.807, 2.05) is 0 Å². The molecule has 0 saturated carbocycles. The van der Waals surface area contributed by atoms with Gasteiger partial charge in [-0.3, -0.25) is 0 Å². The molecule has 2 rings (SSSR count). The first-order chi connectivity index (χ1) is 7.97. The zero-order chi connectivity index (χ0) is 12.5. The molecule has 0 N–H and O–H groups in total. The van der Waals surface area contributed by atoms with Gasteiger partial charge in [0.15, 0.2) is 0 Å². The van der Waals surface area contributed by atoms with Crippen LogP contribution < -0.4 is 4.90 Å². The Kier molecular flexibility index (Phi) is 3.13. The maximum absolute atomic E-state index is 12.4. The summed E-state index contributed by atoms with van der Waals surface area (Å²) in [6, 6.07) is 5.28. The lowest BCUT2D eigenvalue weighted by atomic mass is 10.1. The molecule has 0 amide bonds. The summed E-state index contributed by atoms with van der Waals surface area (Å²) in [6.07, 6.45) is -2.65. The number of nitrogens with zero attached hydrogens (tertiary/aromatic N) is 1. The van der Waals surface area contributed by atoms with Gasteiger partial charge in [0, 0.05) is 18.8 Å². The summed E-state index contributed by atoms with van der Waals surface area (Å²) < 4.78 is 37.1. The van der Waals surface area contributed by atoms with Crippen molar-refractivity contribution in [1.82, 2.24) is 0 Å². The second-order valence-corrected chi connectivity index (χ2v) is 4.19. The van der Waals surface area contributed by atoms with Gasteiger partial charge in [0.05, 0.1) is 5.56 Å². The van der Waals surface area contributed by atoms with E-state index >= 15 is 0 Å². The minimum atomic E-state index is -4.27. The number of piperidine rings is 1. The molecule has 1 saturated heterocycles. The molecular weight excluding hydrogens is 227 g/mol. The smallest absolute Gasteiger partial charge is 0.371 e. The van der Waals surface area contributed by atoms with Gasteiger partial charge in [-0.25, -0.2) is 0 Å². The van der Waals surface area contributed by atoms with Crippen molar-refractivity contribution in [3.63, 3.8) is 0 Å². The third-order valence-electron chi connectivity index (χ3n) is 2.97. The van der Waals surface area contributed by atoms with E-state index in [0.717, 1.165) is 49.3 Å². The third-order valence-corrected chi connectivity index (χ3v) is 2.97. The van der Waals surface area contributed by atoms with Gasteiger partial charge < -0.3 is 4.90 Å². The second kappa shape index (κ2) is 4.43. The topological polar surface area (TPSA) is 3.24 Å². The highest BCUT2D eigenvalue weighted by molar-refractivity contribution is 5.48. The molecule has 0 aromatic heterocycles. The number of anilines is 1. The third kappa shape index (κ3) is 2.81. The molecule has 0 bridgehead atoms. The van der Waals surface area contributed by atoms with Gasteiger partial charge in [-0.15, -0.1) is 0 Å². The monoisotopic (exact) mass is 240 g/mol. The van der Waals surface area contributed by atoms with Crippen molar-refractivity contribution in [1.29, 1.82) is 0 Å². The number of hydrogen-bond acceptors (Lipinski definition) is 1. The normalized spacial score (nSPS) is 17.4. The van der Waals surface area contributed by atoms with Crippen molar-refractivity contribution in [2.75, 3.05) is 18.0 Å². The largest absolute Gasteiger partial charge is 0.416 e. The molecule has 91 valence electrons. The lowest BCUT2D eigenvalue weighted by Gasteiger charge is -2.30. The first-order valence-electron chi connectivity index (χ1n) is 5.49. The van der Waals surface area contributed by atoms with E-state index < -0.39 is 11.7 Å². The molecule has 1 nitrogen and oxygen atoms in total. The van der Waals surface area contributed by atoms with Gasteiger partial charge in [-0.1, -0.05) is 12.2 Å². The Hall–Kier alpha value is -1.45. The van der Waals surface area contributed by atoms with Crippen LogP contribution >= 0.6 is 0 Å². The minimum absolute atomic E-state index is 0.607. The highest BCUT2D eigenvalue weighted by Gasteiger charge is 2.30. The van der Waals surface area contributed by atoms with Crippen LogP contribution in [0, 0.1) is 6.58 Å². The average molecular weight is 240 g/mol. The Morgan fingerprint density at radius 2 is 1.53 bits per heavy atom. The predicted molar refractivity (Wildman–Crippen MR) is 60.7 cm³/mol. The quantitative estimate of drug-likeness (QED) is 0.724. The van der Waals surface area contributed by atoms with E-state index in [-0.39, 0.29) is 0 Å². The van der Waals surface area contributed by atoms with E-state index in [2.05, 4.69) is 4.90 Å². The van der Waals surface area contributed by atoms with Crippen LogP contribution in [0.25, 0.3) is 0 Å². The fourth-order valence-corrected chi connectivity index (χ4v) is 1.91. The molecule has 0 aliphatic carbocycles. The SMILES string of the molecule is [CH]=C1CCN(c2ccc(C(F)(F)F)cc2)CC1. The van der Waals surface area contributed by atoms with Gasteiger partial charge in [0.2, 0.25) is 0 Å². The second-order valence-electron chi connectivity index (χ2n) is 4.19. The number of halogens is 3. The zero-order valence-corrected chi connectivity index (χ0v) is 9.30. The van der Waals surface area contributed by atoms with Crippen molar-refractivity contribution in [3.05, 3.63) is 42.0 Å². The Morgan fingerprint density at radius 1 is 1.00 bits per heavy atom. The molecule has 0 unspecified atom stereocenters. The highest BCUT2D eigenvalue weighted by atomic mass is 19.4. The lowest BCUT2D eigenvalue weighted by molar-refractivity contribution is -0.137. The average Bonchev–Trinajstić information content (AvgIpc) is 2.29. The van der Waals surface area contributed by atoms with Crippen molar-refractivity contribution in [2.45, 2.75) is 19.0 Å². The highest BCUT2D eigenvalue weighted by Crippen LogP contribution is 2.31. The number of alkyl halides is 3. The zero-order valence-electron chi connectivity index (χ0n) is 9.30. The Morgan fingerprint density at radius 3 is 2.00 bits per heavy atom. The molecule has 1 aromatic carbocycles. The van der Waals surface area contributed by atoms with Crippen molar-refractivity contribution < 1.29 is 13.2 Å². The predicted octanol–water partition coefficient (Wildman–Crippen LogP) is 3.66. The van der Waals surface area contributed by atoms with Crippen molar-refractivity contribution in [3.8, 4) is 0 Å². The summed E-state index contributed by atoms with van der Waals surface area (Å²) >= 11 is 0. The molecule has 0 atom stereocenters. The number of hydrogen-bond donors (Lipinski definition) is 0. The lowest BCUT2D eigenvalue weighted by Crippen LogP contribution is -2.30. The number of rotatable bonds is 1. The molecule has 1 fully saturated rings. The van der Waals surface area contributed by atoms with Crippen LogP contribution in [0.4, 0.5) is 18.9 Å². The van der Waals surface area contributed by atoms with Gasteiger partial charge in [-0.05, 0) is 37.1 Å². The van der Waals surface area contributed by atoms with Crippen LogP contribution in [-0.2, 0) is 6.18 Å². The summed E-state index contributed by atoms with van der Waals surface area (Å²) in [4.78, 5) is 2.05. The van der Waals surface area contributed by atoms with Crippen LogP contribution in [0.15, 0.2) is 29.8 Å². The van der Waals surface area contributed by atoms with Crippen molar-refractivity contribution >= 4 is 5.69 Å². The van der Waals surface area contributed by atoms with Crippen LogP contribution in [0.5, 0.6) is 0 Å². The summed E-state index contributed by atoms with van der Waals surface area (Å²) in [5, 5.41) is 0. The maximum Gasteiger partial charge on any atom is 0.416 e. The van der Waals surface area contributed by atoms with Gasteiger partial charge in [0.25, 0.3) is 0 Å². The molecule has 1 aliphatic heterocycles. The summed E-state index contributed by atoms with van der Waals surface area (Å²) in [7, 11) is 0. The summed E-state index contributed by atoms with van der Waals surface area (Å²) in [5.74, 6) is 0. The van der Waals surface area contributed by atoms with Crippen LogP contribution in [0.2, 0.25) is 0 Å². The molecule has 1 aliphatic rings. The fourth-order valence-electron chi connectivity index (χ4n) is 1.91. The Balaban J connectivity index is 2.10. The maximum atomic E-state index is 12.4. The van der Waals surface area contributed by atoms with Crippen LogP contribution in [0.3, 0.4) is 0 Å². The van der Waals surface area contributed by atoms with Crippen LogP contribution in [-0.4, -0.2) is 13.1 Å². The van der Waals surface area contributed by atoms with E-state index in [1.165, 1.54) is 12.1 Å². The molecule has 4 heteroatoms. The molecule has 1 radical (unpaired) electrons. The van der Waals surface area contributed by atoms with Gasteiger partial charge >= 0.3 is 6.18 Å². The molecule has 17 heavy (non-hydrogen) atoms. The minimum Gasteiger partial charge on any atom is -0.371 e. The first kappa shape index (κ1) is 12.0. The summed E-state index contributed by atoms with van der Waals surface area (Å²) in [5.41, 5.74) is 1.18. The fraction of sp³-hybridized carbons (Fsp3) is 0.385. The summed E-state index contributed by atoms with van der Waals surface area (Å²) in [6.45, 7) is 7.25. The number of benzene rings is 1. The van der Waals surface area contributed by atoms with Crippen molar-refractivity contribution in [2.24, 2.45) is 0 Å². The molecule has 1 heterocycles. The van der Waals surface area contributed by atoms with Crippen LogP contribution in [0.1, 0.15) is 18.4 Å². The van der Waals surface area contributed by atoms with E-state index in [0.29, 0.717) is 0 Å². The van der Waals surface area contributed by atoms with E-state index in [4.69, 9.17) is 6.58 Å². The molecule has 0 spiro atoms. The van der Waals surface area contributed by atoms with Gasteiger partial charge in [0.1, 0.15) is 0 Å². The first-order valence-corrected chi connectivity index (χ1v) is 5.49.